The fourth-order valence-corrected chi connectivity index (χ4v) is 10.8. The molecular formula is C53H60N4O5. The van der Waals surface area contributed by atoms with Crippen molar-refractivity contribution in [1.82, 2.24) is 15.1 Å². The van der Waals surface area contributed by atoms with Gasteiger partial charge < -0.3 is 19.3 Å². The van der Waals surface area contributed by atoms with Crippen LogP contribution >= 0.6 is 0 Å². The molecule has 2 aliphatic carbocycles. The standard InChI is InChI=1S/C53H60N4O5/c1-36-32-55(43-19-24-48-42(30-43)34-57(53(48)60)49-26-27-50(58)54-52(49)59)33-37(2)56(36)28-10-5-11-29-61-44-20-16-40(17-21-44)51-46(39-14-8-4-9-15-39)23-18-41-31-45(22-25-47(41)51)62-35-38-12-6-3-7-13-38/h3-4,6-9,12-16,19-22,24-25,30-31,36-37,40,46,49,51H,5,10-11,17-18,23,26-29,32-35H2,1-2H3,(H,54,58,59)/t36-,37+,40?,46-,49?,51+/m1/s1. The summed E-state index contributed by atoms with van der Waals surface area (Å²) in [4.78, 5) is 44.1. The molecule has 2 saturated heterocycles. The Morgan fingerprint density at radius 1 is 0.774 bits per heavy atom. The number of anilines is 1. The van der Waals surface area contributed by atoms with Crippen molar-refractivity contribution in [1.29, 1.82) is 0 Å². The van der Waals surface area contributed by atoms with Crippen molar-refractivity contribution in [2.24, 2.45) is 5.92 Å². The van der Waals surface area contributed by atoms with Gasteiger partial charge in [0.05, 0.1) is 6.61 Å². The first-order valence-corrected chi connectivity index (χ1v) is 22.9. The molecule has 6 atom stereocenters. The van der Waals surface area contributed by atoms with E-state index in [0.717, 1.165) is 87.5 Å². The van der Waals surface area contributed by atoms with Crippen LogP contribution in [0.4, 0.5) is 5.69 Å². The molecule has 0 spiro atoms. The highest BCUT2D eigenvalue weighted by Gasteiger charge is 2.40. The molecule has 0 saturated carbocycles. The van der Waals surface area contributed by atoms with Gasteiger partial charge in [0.2, 0.25) is 11.8 Å². The molecule has 1 N–H and O–H groups in total. The molecule has 9 nitrogen and oxygen atoms in total. The molecule has 4 aromatic carbocycles. The van der Waals surface area contributed by atoms with Crippen LogP contribution in [0, 0.1) is 5.92 Å². The van der Waals surface area contributed by atoms with Gasteiger partial charge in [0.15, 0.2) is 0 Å². The molecule has 9 rings (SSSR count). The Kier molecular flexibility index (Phi) is 12.6. The van der Waals surface area contributed by atoms with Crippen LogP contribution in [0.2, 0.25) is 0 Å². The summed E-state index contributed by atoms with van der Waals surface area (Å²) in [5, 5.41) is 2.39. The average molecular weight is 833 g/mol. The van der Waals surface area contributed by atoms with Crippen LogP contribution in [-0.2, 0) is 33.9 Å². The molecule has 9 heteroatoms. The lowest BCUT2D eigenvalue weighted by molar-refractivity contribution is -0.136. The number of hydrogen-bond acceptors (Lipinski definition) is 7. The number of amides is 3. The number of imide groups is 1. The maximum Gasteiger partial charge on any atom is 0.255 e. The van der Waals surface area contributed by atoms with Gasteiger partial charge in [-0.3, -0.25) is 24.6 Å². The first kappa shape index (κ1) is 41.7. The molecular weight excluding hydrogens is 773 g/mol. The normalized spacial score (nSPS) is 24.9. The van der Waals surface area contributed by atoms with E-state index in [2.05, 4.69) is 126 Å². The Morgan fingerprint density at radius 2 is 1.56 bits per heavy atom. The first-order chi connectivity index (χ1) is 30.3. The number of piperidine rings is 1. The molecule has 2 unspecified atom stereocenters. The van der Waals surface area contributed by atoms with Crippen LogP contribution in [0.3, 0.4) is 0 Å². The van der Waals surface area contributed by atoms with Gasteiger partial charge in [-0.1, -0.05) is 72.8 Å². The van der Waals surface area contributed by atoms with E-state index in [9.17, 15) is 14.4 Å². The number of nitrogens with one attached hydrogen (secondary N) is 1. The molecule has 4 aromatic rings. The number of nitrogens with zero attached hydrogens (tertiary/aromatic N) is 3. The monoisotopic (exact) mass is 832 g/mol. The molecule has 3 heterocycles. The van der Waals surface area contributed by atoms with Gasteiger partial charge in [0, 0.05) is 49.4 Å². The fourth-order valence-electron chi connectivity index (χ4n) is 10.8. The second-order valence-corrected chi connectivity index (χ2v) is 18.1. The minimum Gasteiger partial charge on any atom is -0.494 e. The number of rotatable bonds is 14. The van der Waals surface area contributed by atoms with Crippen molar-refractivity contribution in [2.45, 2.75) is 108 Å². The molecule has 0 aromatic heterocycles. The van der Waals surface area contributed by atoms with E-state index in [0.29, 0.717) is 55.0 Å². The Hall–Kier alpha value is -5.67. The summed E-state index contributed by atoms with van der Waals surface area (Å²) in [5.41, 5.74) is 8.20. The predicted molar refractivity (Wildman–Crippen MR) is 243 cm³/mol. The predicted octanol–water partition coefficient (Wildman–Crippen LogP) is 9.09. The van der Waals surface area contributed by atoms with Gasteiger partial charge in [0.1, 0.15) is 24.2 Å². The third kappa shape index (κ3) is 9.10. The fraction of sp³-hybridized carbons (Fsp3) is 0.415. The van der Waals surface area contributed by atoms with E-state index in [1.165, 1.54) is 22.3 Å². The lowest BCUT2D eigenvalue weighted by atomic mass is 9.65. The number of carbonyl (C=O) groups is 3. The van der Waals surface area contributed by atoms with Crippen molar-refractivity contribution >= 4 is 23.4 Å². The lowest BCUT2D eigenvalue weighted by Gasteiger charge is -2.45. The molecule has 62 heavy (non-hydrogen) atoms. The van der Waals surface area contributed by atoms with Crippen molar-refractivity contribution in [3.8, 4) is 5.75 Å². The highest BCUT2D eigenvalue weighted by atomic mass is 16.5. The van der Waals surface area contributed by atoms with Gasteiger partial charge in [-0.15, -0.1) is 0 Å². The Bertz CT molecular complexity index is 2300. The lowest BCUT2D eigenvalue weighted by Crippen LogP contribution is -2.57. The molecule has 3 aliphatic heterocycles. The number of carbonyl (C=O) groups excluding carboxylic acids is 3. The van der Waals surface area contributed by atoms with Crippen molar-refractivity contribution in [2.75, 3.05) is 31.1 Å². The highest BCUT2D eigenvalue weighted by Crippen LogP contribution is 2.49. The second-order valence-electron chi connectivity index (χ2n) is 18.1. The number of piperazine rings is 1. The Balaban J connectivity index is 0.735. The third-order valence-electron chi connectivity index (χ3n) is 14.0. The van der Waals surface area contributed by atoms with E-state index < -0.39 is 6.04 Å². The number of aryl methyl sites for hydroxylation is 1. The summed E-state index contributed by atoms with van der Waals surface area (Å²) >= 11 is 0. The summed E-state index contributed by atoms with van der Waals surface area (Å²) in [6.45, 7) is 9.23. The van der Waals surface area contributed by atoms with E-state index >= 15 is 0 Å². The van der Waals surface area contributed by atoms with Crippen LogP contribution in [-0.4, -0.2) is 71.9 Å². The van der Waals surface area contributed by atoms with Crippen molar-refractivity contribution in [3.63, 3.8) is 0 Å². The quantitative estimate of drug-likeness (QED) is 0.100. The average Bonchev–Trinajstić information content (AvgIpc) is 3.62. The Labute approximate surface area is 366 Å². The molecule has 5 aliphatic rings. The van der Waals surface area contributed by atoms with Crippen LogP contribution in [0.25, 0.3) is 0 Å². The minimum atomic E-state index is -0.596. The summed E-state index contributed by atoms with van der Waals surface area (Å²) < 4.78 is 12.6. The summed E-state index contributed by atoms with van der Waals surface area (Å²) in [7, 11) is 0. The van der Waals surface area contributed by atoms with E-state index in [4.69, 9.17) is 9.47 Å². The Morgan fingerprint density at radius 3 is 2.32 bits per heavy atom. The van der Waals surface area contributed by atoms with Gasteiger partial charge in [0.25, 0.3) is 5.91 Å². The molecule has 3 amide bonds. The maximum atomic E-state index is 13.2. The number of benzene rings is 4. The minimum absolute atomic E-state index is 0.127. The number of unbranched alkanes of at least 4 members (excludes halogenated alkanes) is 2. The summed E-state index contributed by atoms with van der Waals surface area (Å²) in [5.74, 6) is 2.42. The molecule has 2 fully saturated rings. The zero-order valence-electron chi connectivity index (χ0n) is 36.2. The maximum absolute atomic E-state index is 13.2. The van der Waals surface area contributed by atoms with E-state index in [-0.39, 0.29) is 24.1 Å². The molecule has 322 valence electrons. The zero-order chi connectivity index (χ0) is 42.6. The van der Waals surface area contributed by atoms with Gasteiger partial charge in [-0.05, 0) is 153 Å². The van der Waals surface area contributed by atoms with Gasteiger partial charge in [-0.2, -0.15) is 0 Å². The topological polar surface area (TPSA) is 91.4 Å². The zero-order valence-corrected chi connectivity index (χ0v) is 36.2. The van der Waals surface area contributed by atoms with E-state index in [1.54, 1.807) is 4.90 Å². The van der Waals surface area contributed by atoms with Crippen molar-refractivity contribution in [3.05, 3.63) is 154 Å². The van der Waals surface area contributed by atoms with Crippen LogP contribution in [0.1, 0.15) is 109 Å². The third-order valence-corrected chi connectivity index (χ3v) is 14.0. The number of allylic oxidation sites excluding steroid dienone is 3. The number of ether oxygens (including phenoxy) is 2. The molecule has 0 radical (unpaired) electrons. The smallest absolute Gasteiger partial charge is 0.255 e. The van der Waals surface area contributed by atoms with Crippen LogP contribution in [0.5, 0.6) is 5.75 Å². The number of hydrogen-bond donors (Lipinski definition) is 1. The first-order valence-electron chi connectivity index (χ1n) is 22.9. The van der Waals surface area contributed by atoms with Gasteiger partial charge >= 0.3 is 0 Å². The molecule has 0 bridgehead atoms. The van der Waals surface area contributed by atoms with Gasteiger partial charge in [-0.25, -0.2) is 0 Å². The number of fused-ring (bicyclic) bond motifs is 2. The van der Waals surface area contributed by atoms with Crippen LogP contribution < -0.4 is 15.0 Å². The van der Waals surface area contributed by atoms with Crippen molar-refractivity contribution < 1.29 is 23.9 Å². The largest absolute Gasteiger partial charge is 0.494 e. The van der Waals surface area contributed by atoms with Crippen LogP contribution in [0.15, 0.2) is 121 Å². The van der Waals surface area contributed by atoms with E-state index in [1.807, 2.05) is 18.2 Å². The summed E-state index contributed by atoms with van der Waals surface area (Å²) in [6.07, 6.45) is 14.0. The summed E-state index contributed by atoms with van der Waals surface area (Å²) in [6, 6.07) is 34.5. The highest BCUT2D eigenvalue weighted by molar-refractivity contribution is 6.05. The SMILES string of the molecule is C[C@@H]1CN(c2ccc3c(c2)CN(C2CCC(=O)NC2=O)C3=O)C[C@H](C)N1CCCCCOC1=CCC([C@@H]2c3ccc(OCc4ccccc4)cc3CC[C@@H]2c2ccccc2)C=C1. The second kappa shape index (κ2) is 18.7.